The van der Waals surface area contributed by atoms with Gasteiger partial charge in [-0.2, -0.15) is 0 Å². The molecule has 1 aliphatic rings. The molecule has 0 N–H and O–H groups in total. The summed E-state index contributed by atoms with van der Waals surface area (Å²) < 4.78 is 5.07. The van der Waals surface area contributed by atoms with Gasteiger partial charge in [-0.05, 0) is 20.3 Å². The first-order valence-corrected chi connectivity index (χ1v) is 4.64. The van der Waals surface area contributed by atoms with Gasteiger partial charge in [0.2, 0.25) is 0 Å². The van der Waals surface area contributed by atoms with Crippen LogP contribution in [0.2, 0.25) is 0 Å². The molecular formula is C9H17NO2. The monoisotopic (exact) mass is 171 g/mol. The molecule has 2 atom stereocenters. The number of unbranched alkanes of at least 4 members (excludes halogenated alkanes) is 1. The minimum Gasteiger partial charge on any atom is -0.444 e. The van der Waals surface area contributed by atoms with Crippen LogP contribution in [-0.4, -0.2) is 29.7 Å². The number of ether oxygens (including phenoxy) is 1. The van der Waals surface area contributed by atoms with Gasteiger partial charge in [-0.1, -0.05) is 13.3 Å². The first kappa shape index (κ1) is 9.36. The van der Waals surface area contributed by atoms with Crippen molar-refractivity contribution in [1.82, 2.24) is 4.90 Å². The largest absolute Gasteiger partial charge is 0.444 e. The Labute approximate surface area is 73.7 Å². The Balaban J connectivity index is 2.46. The lowest BCUT2D eigenvalue weighted by Crippen LogP contribution is -2.33. The lowest BCUT2D eigenvalue weighted by Gasteiger charge is -2.18. The molecule has 0 radical (unpaired) electrons. The molecule has 0 aromatic heterocycles. The number of hydrogen-bond donors (Lipinski definition) is 0. The molecule has 70 valence electrons. The van der Waals surface area contributed by atoms with E-state index in [0.717, 1.165) is 19.4 Å². The summed E-state index contributed by atoms with van der Waals surface area (Å²) in [6.07, 6.45) is 2.08. The van der Waals surface area contributed by atoms with Gasteiger partial charge in [0, 0.05) is 6.54 Å². The predicted molar refractivity (Wildman–Crippen MR) is 47.0 cm³/mol. The number of cyclic esters (lactones) is 1. The zero-order chi connectivity index (χ0) is 9.14. The van der Waals surface area contributed by atoms with E-state index in [1.165, 1.54) is 0 Å². The number of nitrogens with zero attached hydrogens (tertiary/aromatic N) is 1. The number of amides is 1. The van der Waals surface area contributed by atoms with Gasteiger partial charge in [0.05, 0.1) is 6.04 Å². The van der Waals surface area contributed by atoms with Crippen molar-refractivity contribution in [3.63, 3.8) is 0 Å². The van der Waals surface area contributed by atoms with Crippen LogP contribution < -0.4 is 0 Å². The summed E-state index contributed by atoms with van der Waals surface area (Å²) in [5.74, 6) is 0. The number of carbonyl (C=O) groups is 1. The molecular weight excluding hydrogens is 154 g/mol. The minimum absolute atomic E-state index is 0.0503. The van der Waals surface area contributed by atoms with Gasteiger partial charge in [0.15, 0.2) is 0 Å². The van der Waals surface area contributed by atoms with Crippen LogP contribution in [-0.2, 0) is 4.74 Å². The summed E-state index contributed by atoms with van der Waals surface area (Å²) in [7, 11) is 0. The molecule has 1 saturated heterocycles. The van der Waals surface area contributed by atoms with E-state index in [1.54, 1.807) is 0 Å². The Hall–Kier alpha value is -0.730. The predicted octanol–water partition coefficient (Wildman–Crippen LogP) is 2.02. The van der Waals surface area contributed by atoms with E-state index in [4.69, 9.17) is 4.74 Å². The summed E-state index contributed by atoms with van der Waals surface area (Å²) in [5, 5.41) is 0. The number of carbonyl (C=O) groups excluding carboxylic acids is 1. The molecule has 3 nitrogen and oxygen atoms in total. The van der Waals surface area contributed by atoms with Crippen molar-refractivity contribution in [3.8, 4) is 0 Å². The van der Waals surface area contributed by atoms with Crippen LogP contribution in [0.1, 0.15) is 33.6 Å². The Morgan fingerprint density at radius 3 is 2.58 bits per heavy atom. The van der Waals surface area contributed by atoms with Crippen molar-refractivity contribution in [2.45, 2.75) is 45.8 Å². The van der Waals surface area contributed by atoms with Gasteiger partial charge in [0.25, 0.3) is 0 Å². The fraction of sp³-hybridized carbons (Fsp3) is 0.889. The Morgan fingerprint density at radius 1 is 1.50 bits per heavy atom. The topological polar surface area (TPSA) is 29.5 Å². The highest BCUT2D eigenvalue weighted by molar-refractivity contribution is 5.70. The molecule has 12 heavy (non-hydrogen) atoms. The average Bonchev–Trinajstić information content (AvgIpc) is 2.25. The van der Waals surface area contributed by atoms with E-state index in [-0.39, 0.29) is 18.2 Å². The van der Waals surface area contributed by atoms with E-state index >= 15 is 0 Å². The van der Waals surface area contributed by atoms with E-state index in [9.17, 15) is 4.79 Å². The number of hydrogen-bond acceptors (Lipinski definition) is 2. The van der Waals surface area contributed by atoms with Crippen LogP contribution in [0, 0.1) is 0 Å². The molecule has 3 heteroatoms. The van der Waals surface area contributed by atoms with Crippen LogP contribution in [0.25, 0.3) is 0 Å². The second-order valence-corrected chi connectivity index (χ2v) is 3.38. The zero-order valence-electron chi connectivity index (χ0n) is 8.04. The van der Waals surface area contributed by atoms with Gasteiger partial charge in [-0.3, -0.25) is 0 Å². The third-order valence-electron chi connectivity index (χ3n) is 2.44. The maximum atomic E-state index is 11.2. The van der Waals surface area contributed by atoms with Crippen molar-refractivity contribution >= 4 is 6.09 Å². The Morgan fingerprint density at radius 2 is 2.17 bits per heavy atom. The summed E-state index contributed by atoms with van der Waals surface area (Å²) in [6.45, 7) is 6.93. The molecule has 1 aliphatic heterocycles. The number of rotatable bonds is 3. The first-order valence-electron chi connectivity index (χ1n) is 4.64. The quantitative estimate of drug-likeness (QED) is 0.650. The fourth-order valence-corrected chi connectivity index (χ4v) is 1.37. The molecule has 1 rings (SSSR count). The summed E-state index contributed by atoms with van der Waals surface area (Å²) in [4.78, 5) is 13.0. The zero-order valence-corrected chi connectivity index (χ0v) is 8.04. The third-order valence-corrected chi connectivity index (χ3v) is 2.44. The second kappa shape index (κ2) is 3.78. The van der Waals surface area contributed by atoms with Gasteiger partial charge in [-0.25, -0.2) is 4.79 Å². The Kier molecular flexibility index (Phi) is 2.95. The fourth-order valence-electron chi connectivity index (χ4n) is 1.37. The van der Waals surface area contributed by atoms with E-state index < -0.39 is 0 Å². The molecule has 0 spiro atoms. The molecule has 1 heterocycles. The SMILES string of the molecule is CCCCN1C(=O)O[C@H](C)[C@@H]1C. The highest BCUT2D eigenvalue weighted by atomic mass is 16.6. The summed E-state index contributed by atoms with van der Waals surface area (Å²) >= 11 is 0. The van der Waals surface area contributed by atoms with Gasteiger partial charge in [-0.15, -0.1) is 0 Å². The molecule has 0 aromatic rings. The third kappa shape index (κ3) is 1.71. The second-order valence-electron chi connectivity index (χ2n) is 3.38. The average molecular weight is 171 g/mol. The smallest absolute Gasteiger partial charge is 0.410 e. The van der Waals surface area contributed by atoms with Crippen molar-refractivity contribution < 1.29 is 9.53 Å². The summed E-state index contributed by atoms with van der Waals surface area (Å²) in [6, 6.07) is 0.240. The van der Waals surface area contributed by atoms with Crippen LogP contribution in [0.4, 0.5) is 4.79 Å². The molecule has 1 fully saturated rings. The first-order chi connectivity index (χ1) is 5.66. The minimum atomic E-state index is -0.150. The van der Waals surface area contributed by atoms with Crippen LogP contribution in [0.3, 0.4) is 0 Å². The van der Waals surface area contributed by atoms with Crippen molar-refractivity contribution in [3.05, 3.63) is 0 Å². The maximum absolute atomic E-state index is 11.2. The van der Waals surface area contributed by atoms with Crippen LogP contribution in [0.5, 0.6) is 0 Å². The molecule has 0 saturated carbocycles. The van der Waals surface area contributed by atoms with Crippen molar-refractivity contribution in [2.75, 3.05) is 6.54 Å². The highest BCUT2D eigenvalue weighted by Crippen LogP contribution is 2.18. The van der Waals surface area contributed by atoms with Gasteiger partial charge in [0.1, 0.15) is 6.10 Å². The lowest BCUT2D eigenvalue weighted by molar-refractivity contribution is 0.137. The molecule has 0 unspecified atom stereocenters. The van der Waals surface area contributed by atoms with Crippen LogP contribution in [0.15, 0.2) is 0 Å². The van der Waals surface area contributed by atoms with E-state index in [1.807, 2.05) is 18.7 Å². The van der Waals surface area contributed by atoms with Crippen molar-refractivity contribution in [1.29, 1.82) is 0 Å². The molecule has 0 aliphatic carbocycles. The summed E-state index contributed by atoms with van der Waals surface area (Å²) in [5.41, 5.74) is 0. The van der Waals surface area contributed by atoms with Gasteiger partial charge >= 0.3 is 6.09 Å². The van der Waals surface area contributed by atoms with Crippen molar-refractivity contribution in [2.24, 2.45) is 0 Å². The maximum Gasteiger partial charge on any atom is 0.410 e. The molecule has 0 aromatic carbocycles. The standard InChI is InChI=1S/C9H17NO2/c1-4-5-6-10-7(2)8(3)12-9(10)11/h7-8H,4-6H2,1-3H3/t7-,8+/m0/s1. The lowest BCUT2D eigenvalue weighted by atomic mass is 10.2. The Bertz CT molecular complexity index is 170. The highest BCUT2D eigenvalue weighted by Gasteiger charge is 2.34. The normalized spacial score (nSPS) is 29.2. The molecule has 1 amide bonds. The van der Waals surface area contributed by atoms with E-state index in [2.05, 4.69) is 6.92 Å². The van der Waals surface area contributed by atoms with Gasteiger partial charge < -0.3 is 9.64 Å². The molecule has 0 bridgehead atoms. The van der Waals surface area contributed by atoms with Crippen LogP contribution >= 0.6 is 0 Å². The van der Waals surface area contributed by atoms with E-state index in [0.29, 0.717) is 0 Å².